The summed E-state index contributed by atoms with van der Waals surface area (Å²) in [4.78, 5) is 12.5. The maximum Gasteiger partial charge on any atom is 0.261 e. The van der Waals surface area contributed by atoms with Crippen molar-refractivity contribution in [3.05, 3.63) is 34.5 Å². The Morgan fingerprint density at radius 3 is 2.88 bits per heavy atom. The highest BCUT2D eigenvalue weighted by molar-refractivity contribution is 7.21. The maximum atomic E-state index is 13.7. The van der Waals surface area contributed by atoms with E-state index in [9.17, 15) is 9.18 Å². The van der Waals surface area contributed by atoms with E-state index in [1.54, 1.807) is 13.0 Å². The second-order valence-corrected chi connectivity index (χ2v) is 4.98. The number of hydrogen-bond donors (Lipinski definition) is 1. The van der Waals surface area contributed by atoms with E-state index in [0.717, 1.165) is 16.7 Å². The molecule has 1 amide bonds. The molecule has 4 heteroatoms. The summed E-state index contributed by atoms with van der Waals surface area (Å²) >= 11 is 1.34. The third-order valence-corrected chi connectivity index (χ3v) is 3.90. The molecule has 0 fully saturated rings. The van der Waals surface area contributed by atoms with Crippen molar-refractivity contribution in [1.29, 1.82) is 0 Å². The molecule has 0 aliphatic rings. The first kappa shape index (κ1) is 12.0. The Balaban J connectivity index is 2.46. The molecule has 0 spiro atoms. The van der Waals surface area contributed by atoms with E-state index in [4.69, 9.17) is 0 Å². The summed E-state index contributed by atoms with van der Waals surface area (Å²) in [5.74, 6) is -0.365. The highest BCUT2D eigenvalue weighted by atomic mass is 32.1. The van der Waals surface area contributed by atoms with Gasteiger partial charge >= 0.3 is 0 Å². The van der Waals surface area contributed by atoms with Crippen LogP contribution in [0.2, 0.25) is 0 Å². The quantitative estimate of drug-likeness (QED) is 0.889. The Kier molecular flexibility index (Phi) is 3.43. The third kappa shape index (κ3) is 2.17. The number of amides is 1. The van der Waals surface area contributed by atoms with Gasteiger partial charge in [0.1, 0.15) is 5.82 Å². The molecule has 0 saturated carbocycles. The summed E-state index contributed by atoms with van der Waals surface area (Å²) in [5.41, 5.74) is 0.733. The van der Waals surface area contributed by atoms with Crippen molar-refractivity contribution in [3.8, 4) is 0 Å². The van der Waals surface area contributed by atoms with Crippen LogP contribution in [-0.2, 0) is 0 Å². The number of carbonyl (C=O) groups excluding carboxylic acids is 1. The van der Waals surface area contributed by atoms with Crippen LogP contribution in [0.25, 0.3) is 10.1 Å². The molecule has 1 aromatic carbocycles. The van der Waals surface area contributed by atoms with Crippen LogP contribution in [0.1, 0.15) is 28.6 Å². The Morgan fingerprint density at radius 1 is 1.47 bits per heavy atom. The second kappa shape index (κ2) is 4.84. The molecule has 2 rings (SSSR count). The lowest BCUT2D eigenvalue weighted by Gasteiger charge is -2.01. The topological polar surface area (TPSA) is 29.1 Å². The third-order valence-electron chi connectivity index (χ3n) is 2.64. The average Bonchev–Trinajstić information content (AvgIpc) is 2.65. The molecule has 2 aromatic rings. The molecule has 17 heavy (non-hydrogen) atoms. The van der Waals surface area contributed by atoms with Crippen molar-refractivity contribution in [2.24, 2.45) is 0 Å². The molecule has 90 valence electrons. The van der Waals surface area contributed by atoms with Gasteiger partial charge in [-0.2, -0.15) is 0 Å². The number of carbonyl (C=O) groups is 1. The van der Waals surface area contributed by atoms with Gasteiger partial charge in [0.05, 0.1) is 4.88 Å². The fourth-order valence-electron chi connectivity index (χ4n) is 1.79. The predicted molar refractivity (Wildman–Crippen MR) is 69.1 cm³/mol. The molecule has 1 aromatic heterocycles. The Labute approximate surface area is 103 Å². The number of rotatable bonds is 3. The summed E-state index contributed by atoms with van der Waals surface area (Å²) in [7, 11) is 0. The lowest BCUT2D eigenvalue weighted by Crippen LogP contribution is -2.23. The number of halogens is 1. The molecular formula is C13H14FNOS. The predicted octanol–water partition coefficient (Wildman–Crippen LogP) is 3.49. The van der Waals surface area contributed by atoms with Crippen molar-refractivity contribution in [2.75, 3.05) is 6.54 Å². The van der Waals surface area contributed by atoms with Crippen molar-refractivity contribution in [1.82, 2.24) is 5.32 Å². The molecule has 0 bridgehead atoms. The van der Waals surface area contributed by atoms with Crippen molar-refractivity contribution < 1.29 is 9.18 Å². The summed E-state index contributed by atoms with van der Waals surface area (Å²) in [5, 5.41) is 3.39. The van der Waals surface area contributed by atoms with Crippen LogP contribution in [0.4, 0.5) is 4.39 Å². The molecule has 1 N–H and O–H groups in total. The van der Waals surface area contributed by atoms with E-state index in [0.29, 0.717) is 16.8 Å². The van der Waals surface area contributed by atoms with Gasteiger partial charge in [0, 0.05) is 16.6 Å². The Bertz CT molecular complexity index is 562. The minimum Gasteiger partial charge on any atom is -0.351 e. The maximum absolute atomic E-state index is 13.7. The highest BCUT2D eigenvalue weighted by Gasteiger charge is 2.16. The first-order valence-corrected chi connectivity index (χ1v) is 6.42. The fourth-order valence-corrected chi connectivity index (χ4v) is 2.93. The van der Waals surface area contributed by atoms with Crippen LogP contribution in [0.15, 0.2) is 18.2 Å². The summed E-state index contributed by atoms with van der Waals surface area (Å²) in [6, 6.07) is 4.93. The molecule has 0 radical (unpaired) electrons. The fraction of sp³-hybridized carbons (Fsp3) is 0.308. The van der Waals surface area contributed by atoms with Crippen LogP contribution in [-0.4, -0.2) is 12.5 Å². The van der Waals surface area contributed by atoms with E-state index in [1.165, 1.54) is 17.4 Å². The number of thiophene rings is 1. The molecule has 0 unspecified atom stereocenters. The number of benzene rings is 1. The van der Waals surface area contributed by atoms with Gasteiger partial charge in [-0.25, -0.2) is 4.39 Å². The lowest BCUT2D eigenvalue weighted by molar-refractivity contribution is 0.0957. The van der Waals surface area contributed by atoms with Gasteiger partial charge in [0.25, 0.3) is 5.91 Å². The molecule has 0 saturated heterocycles. The average molecular weight is 251 g/mol. The van der Waals surface area contributed by atoms with Gasteiger partial charge in [0.15, 0.2) is 0 Å². The highest BCUT2D eigenvalue weighted by Crippen LogP contribution is 2.32. The van der Waals surface area contributed by atoms with Crippen LogP contribution in [0.5, 0.6) is 0 Å². The normalized spacial score (nSPS) is 10.8. The first-order chi connectivity index (χ1) is 8.15. The lowest BCUT2D eigenvalue weighted by atomic mass is 10.1. The zero-order valence-corrected chi connectivity index (χ0v) is 10.7. The van der Waals surface area contributed by atoms with Crippen LogP contribution < -0.4 is 5.32 Å². The first-order valence-electron chi connectivity index (χ1n) is 5.61. The standard InChI is InChI=1S/C13H14FNOS/c1-3-7-15-13(16)12-8(2)11-9(14)5-4-6-10(11)17-12/h4-6H,3,7H2,1-2H3,(H,15,16). The van der Waals surface area contributed by atoms with Crippen molar-refractivity contribution in [2.45, 2.75) is 20.3 Å². The van der Waals surface area contributed by atoms with Gasteiger partial charge in [-0.1, -0.05) is 13.0 Å². The van der Waals surface area contributed by atoms with Crippen LogP contribution in [0.3, 0.4) is 0 Å². The van der Waals surface area contributed by atoms with Crippen LogP contribution in [0, 0.1) is 12.7 Å². The van der Waals surface area contributed by atoms with Gasteiger partial charge in [-0.05, 0) is 31.0 Å². The van der Waals surface area contributed by atoms with Gasteiger partial charge in [0.2, 0.25) is 0 Å². The van der Waals surface area contributed by atoms with E-state index >= 15 is 0 Å². The number of fused-ring (bicyclic) bond motifs is 1. The van der Waals surface area contributed by atoms with Gasteiger partial charge in [-0.15, -0.1) is 11.3 Å². The SMILES string of the molecule is CCCNC(=O)c1sc2cccc(F)c2c1C. The molecule has 0 aliphatic carbocycles. The Hall–Kier alpha value is -1.42. The number of nitrogens with one attached hydrogen (secondary N) is 1. The van der Waals surface area contributed by atoms with Crippen LogP contribution >= 0.6 is 11.3 Å². The van der Waals surface area contributed by atoms with Gasteiger partial charge in [-0.3, -0.25) is 4.79 Å². The van der Waals surface area contributed by atoms with E-state index in [-0.39, 0.29) is 11.7 Å². The minimum atomic E-state index is -0.259. The summed E-state index contributed by atoms with van der Waals surface area (Å²) in [6.07, 6.45) is 0.893. The summed E-state index contributed by atoms with van der Waals surface area (Å²) < 4.78 is 14.5. The molecule has 0 atom stereocenters. The molecular weight excluding hydrogens is 237 g/mol. The Morgan fingerprint density at radius 2 is 2.24 bits per heavy atom. The summed E-state index contributed by atoms with van der Waals surface area (Å²) in [6.45, 7) is 4.44. The number of hydrogen-bond acceptors (Lipinski definition) is 2. The minimum absolute atomic E-state index is 0.107. The van der Waals surface area contributed by atoms with E-state index < -0.39 is 0 Å². The van der Waals surface area contributed by atoms with Crippen molar-refractivity contribution in [3.63, 3.8) is 0 Å². The monoisotopic (exact) mass is 251 g/mol. The molecule has 0 aliphatic heterocycles. The second-order valence-electron chi connectivity index (χ2n) is 3.93. The van der Waals surface area contributed by atoms with Gasteiger partial charge < -0.3 is 5.32 Å². The molecule has 2 nitrogen and oxygen atoms in total. The van der Waals surface area contributed by atoms with E-state index in [2.05, 4.69) is 5.32 Å². The zero-order chi connectivity index (χ0) is 12.4. The van der Waals surface area contributed by atoms with E-state index in [1.807, 2.05) is 13.0 Å². The molecule has 1 heterocycles. The largest absolute Gasteiger partial charge is 0.351 e. The van der Waals surface area contributed by atoms with Crippen molar-refractivity contribution >= 4 is 27.3 Å². The zero-order valence-electron chi connectivity index (χ0n) is 9.84. The number of aryl methyl sites for hydroxylation is 1. The smallest absolute Gasteiger partial charge is 0.261 e.